The van der Waals surface area contributed by atoms with Gasteiger partial charge in [0, 0.05) is 5.41 Å². The van der Waals surface area contributed by atoms with Gasteiger partial charge in [-0.1, -0.05) is 36.8 Å². The summed E-state index contributed by atoms with van der Waals surface area (Å²) in [7, 11) is 0. The summed E-state index contributed by atoms with van der Waals surface area (Å²) in [6.07, 6.45) is 4.88. The highest BCUT2D eigenvalue weighted by Crippen LogP contribution is 2.43. The molecule has 0 atom stereocenters. The monoisotopic (exact) mass is 185 g/mol. The second-order valence-electron chi connectivity index (χ2n) is 4.33. The Morgan fingerprint density at radius 1 is 1.21 bits per heavy atom. The third kappa shape index (κ3) is 1.80. The fraction of sp³-hybridized carbons (Fsp3) is 0.462. The highest BCUT2D eigenvalue weighted by molar-refractivity contribution is 5.18. The first-order chi connectivity index (χ1) is 6.85. The molecule has 0 aliphatic heterocycles. The van der Waals surface area contributed by atoms with Gasteiger partial charge in [-0.2, -0.15) is 0 Å². The maximum atomic E-state index is 6.99. The Hall–Kier alpha value is -1.29. The highest BCUT2D eigenvalue weighted by Gasteiger charge is 2.39. The molecule has 0 unspecified atom stereocenters. The summed E-state index contributed by atoms with van der Waals surface area (Å²) in [4.78, 5) is 3.58. The zero-order valence-corrected chi connectivity index (χ0v) is 8.37. The molecule has 1 nitrogen and oxygen atoms in total. The second kappa shape index (κ2) is 3.84. The number of benzene rings is 1. The van der Waals surface area contributed by atoms with Gasteiger partial charge in [0.25, 0.3) is 0 Å². The Balaban J connectivity index is 2.06. The predicted molar refractivity (Wildman–Crippen MR) is 57.9 cm³/mol. The van der Waals surface area contributed by atoms with Gasteiger partial charge in [-0.05, 0) is 24.8 Å². The molecule has 0 radical (unpaired) electrons. The molecule has 0 amide bonds. The standard InChI is InChI=1S/C13H15N/c1-14-11-13(8-5-9-13)10-12-6-3-2-4-7-12/h2-4,6-7H,5,8-11H2. The van der Waals surface area contributed by atoms with Crippen molar-refractivity contribution in [3.63, 3.8) is 0 Å². The lowest BCUT2D eigenvalue weighted by Crippen LogP contribution is -2.34. The lowest BCUT2D eigenvalue weighted by molar-refractivity contribution is 0.156. The molecule has 1 aliphatic carbocycles. The number of hydrogen-bond donors (Lipinski definition) is 0. The fourth-order valence-electron chi connectivity index (χ4n) is 2.26. The van der Waals surface area contributed by atoms with Gasteiger partial charge < -0.3 is 4.85 Å². The zero-order valence-electron chi connectivity index (χ0n) is 8.37. The molecule has 1 saturated carbocycles. The van der Waals surface area contributed by atoms with Crippen LogP contribution in [0, 0.1) is 12.0 Å². The van der Waals surface area contributed by atoms with E-state index < -0.39 is 0 Å². The van der Waals surface area contributed by atoms with Crippen LogP contribution in [0.4, 0.5) is 0 Å². The van der Waals surface area contributed by atoms with E-state index in [1.165, 1.54) is 24.8 Å². The Labute approximate surface area is 85.6 Å². The number of nitrogens with zero attached hydrogens (tertiary/aromatic N) is 1. The minimum atomic E-state index is 0.323. The van der Waals surface area contributed by atoms with Crippen molar-refractivity contribution in [2.45, 2.75) is 25.7 Å². The maximum absolute atomic E-state index is 6.99. The van der Waals surface area contributed by atoms with Crippen LogP contribution in [0.5, 0.6) is 0 Å². The molecular formula is C13H15N. The summed E-state index contributed by atoms with van der Waals surface area (Å²) < 4.78 is 0. The van der Waals surface area contributed by atoms with Gasteiger partial charge in [0.1, 0.15) is 0 Å². The number of hydrogen-bond acceptors (Lipinski definition) is 0. The zero-order chi connectivity index (χ0) is 9.86. The quantitative estimate of drug-likeness (QED) is 0.636. The van der Waals surface area contributed by atoms with E-state index in [1.807, 2.05) is 6.07 Å². The molecule has 0 spiro atoms. The van der Waals surface area contributed by atoms with E-state index in [4.69, 9.17) is 6.57 Å². The van der Waals surface area contributed by atoms with Crippen molar-refractivity contribution >= 4 is 0 Å². The van der Waals surface area contributed by atoms with E-state index >= 15 is 0 Å². The van der Waals surface area contributed by atoms with Crippen molar-refractivity contribution in [3.05, 3.63) is 47.3 Å². The van der Waals surface area contributed by atoms with Crippen molar-refractivity contribution in [1.82, 2.24) is 0 Å². The minimum absolute atomic E-state index is 0.323. The minimum Gasteiger partial charge on any atom is -0.316 e. The molecule has 14 heavy (non-hydrogen) atoms. The van der Waals surface area contributed by atoms with Crippen molar-refractivity contribution in [2.75, 3.05) is 6.54 Å². The first-order valence-corrected chi connectivity index (χ1v) is 5.22. The van der Waals surface area contributed by atoms with Crippen molar-refractivity contribution in [3.8, 4) is 0 Å². The molecule has 0 aromatic heterocycles. The summed E-state index contributed by atoms with van der Waals surface area (Å²) >= 11 is 0. The van der Waals surface area contributed by atoms with Crippen LogP contribution in [0.1, 0.15) is 24.8 Å². The van der Waals surface area contributed by atoms with Crippen LogP contribution in [0.15, 0.2) is 30.3 Å². The third-order valence-electron chi connectivity index (χ3n) is 3.25. The van der Waals surface area contributed by atoms with Gasteiger partial charge in [-0.3, -0.25) is 0 Å². The van der Waals surface area contributed by atoms with Crippen LogP contribution in [0.2, 0.25) is 0 Å². The molecule has 1 aromatic rings. The van der Waals surface area contributed by atoms with Gasteiger partial charge in [-0.25, -0.2) is 6.57 Å². The maximum Gasteiger partial charge on any atom is 0.220 e. The summed E-state index contributed by atoms with van der Waals surface area (Å²) in [5, 5.41) is 0. The van der Waals surface area contributed by atoms with Crippen LogP contribution >= 0.6 is 0 Å². The molecule has 1 fully saturated rings. The molecule has 0 bridgehead atoms. The summed E-state index contributed by atoms with van der Waals surface area (Å²) in [6.45, 7) is 7.70. The lowest BCUT2D eigenvalue weighted by atomic mass is 9.65. The van der Waals surface area contributed by atoms with E-state index in [9.17, 15) is 0 Å². The van der Waals surface area contributed by atoms with Crippen LogP contribution in [-0.2, 0) is 6.42 Å². The first kappa shape index (κ1) is 9.27. The van der Waals surface area contributed by atoms with E-state index in [1.54, 1.807) is 0 Å². The van der Waals surface area contributed by atoms with Crippen LogP contribution in [0.3, 0.4) is 0 Å². The predicted octanol–water partition coefficient (Wildman–Crippen LogP) is 3.32. The van der Waals surface area contributed by atoms with E-state index in [-0.39, 0.29) is 0 Å². The van der Waals surface area contributed by atoms with Crippen LogP contribution < -0.4 is 0 Å². The van der Waals surface area contributed by atoms with Crippen LogP contribution in [0.25, 0.3) is 4.85 Å². The van der Waals surface area contributed by atoms with Gasteiger partial charge in [0.2, 0.25) is 6.54 Å². The molecule has 2 rings (SSSR count). The summed E-state index contributed by atoms with van der Waals surface area (Å²) in [5.74, 6) is 0. The number of rotatable bonds is 3. The fourth-order valence-corrected chi connectivity index (χ4v) is 2.26. The van der Waals surface area contributed by atoms with Gasteiger partial charge in [0.05, 0.1) is 0 Å². The Morgan fingerprint density at radius 2 is 1.93 bits per heavy atom. The van der Waals surface area contributed by atoms with Crippen LogP contribution in [-0.4, -0.2) is 6.54 Å². The molecule has 1 aliphatic rings. The SMILES string of the molecule is [C-]#[N+]CC1(Cc2ccccc2)CCC1. The Kier molecular flexibility index (Phi) is 2.54. The normalized spacial score (nSPS) is 18.2. The average molecular weight is 185 g/mol. The van der Waals surface area contributed by atoms with Gasteiger partial charge in [0.15, 0.2) is 0 Å². The lowest BCUT2D eigenvalue weighted by Gasteiger charge is -2.37. The summed E-state index contributed by atoms with van der Waals surface area (Å²) in [6, 6.07) is 10.6. The van der Waals surface area contributed by atoms with Gasteiger partial charge in [-0.15, -0.1) is 0 Å². The van der Waals surface area contributed by atoms with Crippen molar-refractivity contribution in [2.24, 2.45) is 5.41 Å². The molecule has 1 aromatic carbocycles. The molecular weight excluding hydrogens is 170 g/mol. The first-order valence-electron chi connectivity index (χ1n) is 5.22. The molecule has 72 valence electrons. The highest BCUT2D eigenvalue weighted by atomic mass is 14.7. The average Bonchev–Trinajstić information content (AvgIpc) is 2.16. The Bertz CT molecular complexity index is 330. The van der Waals surface area contributed by atoms with Crippen molar-refractivity contribution < 1.29 is 0 Å². The summed E-state index contributed by atoms with van der Waals surface area (Å²) in [5.41, 5.74) is 1.71. The van der Waals surface area contributed by atoms with Crippen molar-refractivity contribution in [1.29, 1.82) is 0 Å². The third-order valence-corrected chi connectivity index (χ3v) is 3.25. The Morgan fingerprint density at radius 3 is 2.43 bits per heavy atom. The smallest absolute Gasteiger partial charge is 0.220 e. The largest absolute Gasteiger partial charge is 0.316 e. The molecule has 0 saturated heterocycles. The molecule has 0 heterocycles. The van der Waals surface area contributed by atoms with E-state index in [2.05, 4.69) is 29.1 Å². The van der Waals surface area contributed by atoms with E-state index in [0.717, 1.165) is 6.42 Å². The molecule has 0 N–H and O–H groups in total. The van der Waals surface area contributed by atoms with E-state index in [0.29, 0.717) is 12.0 Å². The second-order valence-corrected chi connectivity index (χ2v) is 4.33. The van der Waals surface area contributed by atoms with Gasteiger partial charge >= 0.3 is 0 Å². The topological polar surface area (TPSA) is 4.36 Å². The molecule has 1 heteroatoms.